The van der Waals surface area contributed by atoms with Crippen molar-refractivity contribution >= 4 is 12.0 Å². The van der Waals surface area contributed by atoms with Crippen molar-refractivity contribution in [2.75, 3.05) is 13.7 Å². The summed E-state index contributed by atoms with van der Waals surface area (Å²) in [6.07, 6.45) is 5.30. The van der Waals surface area contributed by atoms with Crippen LogP contribution in [-0.4, -0.2) is 29.3 Å². The SMILES string of the molecule is CCCCNC(=O)/C(C#N)=C/c1cn(Cc2ccccc2)nc1-c1cccc(OC)c1. The van der Waals surface area contributed by atoms with Gasteiger partial charge >= 0.3 is 0 Å². The van der Waals surface area contributed by atoms with Crippen molar-refractivity contribution in [2.45, 2.75) is 26.3 Å². The number of amides is 1. The zero-order chi connectivity index (χ0) is 22.1. The lowest BCUT2D eigenvalue weighted by atomic mass is 10.1. The molecular formula is C25H26N4O2. The quantitative estimate of drug-likeness (QED) is 0.319. The molecule has 0 saturated carbocycles. The molecular weight excluding hydrogens is 388 g/mol. The minimum atomic E-state index is -0.372. The minimum Gasteiger partial charge on any atom is -0.497 e. The van der Waals surface area contributed by atoms with E-state index in [1.807, 2.05) is 71.5 Å². The Labute approximate surface area is 182 Å². The maximum absolute atomic E-state index is 12.5. The Morgan fingerprint density at radius 1 is 1.23 bits per heavy atom. The third kappa shape index (κ3) is 5.83. The van der Waals surface area contributed by atoms with E-state index in [0.717, 1.165) is 24.0 Å². The summed E-state index contributed by atoms with van der Waals surface area (Å²) in [5.41, 5.74) is 3.39. The molecule has 6 nitrogen and oxygen atoms in total. The summed E-state index contributed by atoms with van der Waals surface area (Å²) in [5.74, 6) is 0.339. The van der Waals surface area contributed by atoms with Crippen LogP contribution in [0.4, 0.5) is 0 Å². The van der Waals surface area contributed by atoms with Gasteiger partial charge < -0.3 is 10.1 Å². The Bertz CT molecular complexity index is 1090. The molecule has 158 valence electrons. The lowest BCUT2D eigenvalue weighted by molar-refractivity contribution is -0.117. The standard InChI is InChI=1S/C25H26N4O2/c1-3-4-13-27-25(30)21(16-26)14-22-18-29(17-19-9-6-5-7-10-19)28-24(22)20-11-8-12-23(15-20)31-2/h5-12,14-15,18H,3-4,13,17H2,1-2H3,(H,27,30)/b21-14+. The van der Waals surface area contributed by atoms with E-state index in [0.29, 0.717) is 30.1 Å². The molecule has 2 aromatic carbocycles. The highest BCUT2D eigenvalue weighted by atomic mass is 16.5. The largest absolute Gasteiger partial charge is 0.497 e. The predicted octanol–water partition coefficient (Wildman–Crippen LogP) is 4.43. The van der Waals surface area contributed by atoms with Crippen molar-refractivity contribution in [3.63, 3.8) is 0 Å². The monoisotopic (exact) mass is 414 g/mol. The van der Waals surface area contributed by atoms with Gasteiger partial charge in [-0.25, -0.2) is 0 Å². The molecule has 0 fully saturated rings. The first-order valence-corrected chi connectivity index (χ1v) is 10.3. The molecule has 6 heteroatoms. The van der Waals surface area contributed by atoms with E-state index in [9.17, 15) is 10.1 Å². The third-order valence-electron chi connectivity index (χ3n) is 4.80. The van der Waals surface area contributed by atoms with Gasteiger partial charge in [-0.2, -0.15) is 10.4 Å². The number of carbonyl (C=O) groups is 1. The van der Waals surface area contributed by atoms with Crippen LogP contribution in [0.1, 0.15) is 30.9 Å². The Morgan fingerprint density at radius 2 is 2.03 bits per heavy atom. The van der Waals surface area contributed by atoms with E-state index in [-0.39, 0.29) is 11.5 Å². The topological polar surface area (TPSA) is 79.9 Å². The molecule has 1 heterocycles. The molecule has 0 radical (unpaired) electrons. The van der Waals surface area contributed by atoms with E-state index in [1.54, 1.807) is 13.2 Å². The predicted molar refractivity (Wildman–Crippen MR) is 121 cm³/mol. The summed E-state index contributed by atoms with van der Waals surface area (Å²) >= 11 is 0. The number of nitrogens with zero attached hydrogens (tertiary/aromatic N) is 3. The number of methoxy groups -OCH3 is 1. The maximum atomic E-state index is 12.5. The second-order valence-electron chi connectivity index (χ2n) is 7.13. The average molecular weight is 415 g/mol. The number of nitriles is 1. The summed E-state index contributed by atoms with van der Waals surface area (Å²) in [6, 6.07) is 19.6. The first-order chi connectivity index (χ1) is 15.1. The lowest BCUT2D eigenvalue weighted by Crippen LogP contribution is -2.25. The number of rotatable bonds is 9. The molecule has 0 aliphatic carbocycles. The van der Waals surface area contributed by atoms with Crippen molar-refractivity contribution in [1.82, 2.24) is 15.1 Å². The molecule has 0 aliphatic heterocycles. The number of ether oxygens (including phenoxy) is 1. The zero-order valence-electron chi connectivity index (χ0n) is 17.8. The zero-order valence-corrected chi connectivity index (χ0v) is 17.8. The summed E-state index contributed by atoms with van der Waals surface area (Å²) in [6.45, 7) is 3.18. The maximum Gasteiger partial charge on any atom is 0.261 e. The van der Waals surface area contributed by atoms with Gasteiger partial charge in [0, 0.05) is 23.9 Å². The van der Waals surface area contributed by atoms with E-state index in [1.165, 1.54) is 0 Å². The fraction of sp³-hybridized carbons (Fsp3) is 0.240. The molecule has 0 atom stereocenters. The molecule has 3 rings (SSSR count). The van der Waals surface area contributed by atoms with Crippen molar-refractivity contribution in [3.05, 3.63) is 77.5 Å². The van der Waals surface area contributed by atoms with Crippen LogP contribution in [0.5, 0.6) is 5.75 Å². The summed E-state index contributed by atoms with van der Waals surface area (Å²) < 4.78 is 7.17. The van der Waals surface area contributed by atoms with Gasteiger partial charge in [-0.05, 0) is 30.2 Å². The fourth-order valence-corrected chi connectivity index (χ4v) is 3.17. The number of carbonyl (C=O) groups excluding carboxylic acids is 1. The Balaban J connectivity index is 1.99. The number of hydrogen-bond acceptors (Lipinski definition) is 4. The molecule has 1 amide bonds. The summed E-state index contributed by atoms with van der Waals surface area (Å²) in [4.78, 5) is 12.5. The average Bonchev–Trinajstić information content (AvgIpc) is 3.20. The normalized spacial score (nSPS) is 11.1. The van der Waals surface area contributed by atoms with Crippen molar-refractivity contribution in [3.8, 4) is 23.1 Å². The highest BCUT2D eigenvalue weighted by molar-refractivity contribution is 6.02. The molecule has 1 N–H and O–H groups in total. The molecule has 3 aromatic rings. The van der Waals surface area contributed by atoms with Crippen LogP contribution >= 0.6 is 0 Å². The number of aromatic nitrogens is 2. The molecule has 0 saturated heterocycles. The molecule has 0 bridgehead atoms. The van der Waals surface area contributed by atoms with Gasteiger partial charge in [0.05, 0.1) is 19.3 Å². The smallest absolute Gasteiger partial charge is 0.261 e. The Hall–Kier alpha value is -3.85. The van der Waals surface area contributed by atoms with Gasteiger partial charge in [-0.1, -0.05) is 55.8 Å². The number of unbranched alkanes of at least 4 members (excludes halogenated alkanes) is 1. The van der Waals surface area contributed by atoms with Crippen LogP contribution in [0, 0.1) is 11.3 Å². The molecule has 0 spiro atoms. The number of hydrogen-bond donors (Lipinski definition) is 1. The van der Waals surface area contributed by atoms with E-state index in [2.05, 4.69) is 12.2 Å². The molecule has 0 unspecified atom stereocenters. The van der Waals surface area contributed by atoms with Crippen molar-refractivity contribution < 1.29 is 9.53 Å². The van der Waals surface area contributed by atoms with Gasteiger partial charge in [0.25, 0.3) is 5.91 Å². The number of nitrogens with one attached hydrogen (secondary N) is 1. The van der Waals surface area contributed by atoms with Crippen molar-refractivity contribution in [1.29, 1.82) is 5.26 Å². The van der Waals surface area contributed by atoms with Crippen molar-refractivity contribution in [2.24, 2.45) is 0 Å². The lowest BCUT2D eigenvalue weighted by Gasteiger charge is -2.04. The first-order valence-electron chi connectivity index (χ1n) is 10.3. The van der Waals surface area contributed by atoms with Gasteiger partial charge in [0.2, 0.25) is 0 Å². The second-order valence-corrected chi connectivity index (χ2v) is 7.13. The Morgan fingerprint density at radius 3 is 2.74 bits per heavy atom. The van der Waals surface area contributed by atoms with E-state index in [4.69, 9.17) is 9.84 Å². The van der Waals surface area contributed by atoms with Gasteiger partial charge in [-0.15, -0.1) is 0 Å². The van der Waals surface area contributed by atoms with Crippen LogP contribution in [0.3, 0.4) is 0 Å². The van der Waals surface area contributed by atoms with Crippen LogP contribution in [0.15, 0.2) is 66.4 Å². The van der Waals surface area contributed by atoms with E-state index >= 15 is 0 Å². The van der Waals surface area contributed by atoms with E-state index < -0.39 is 0 Å². The third-order valence-corrected chi connectivity index (χ3v) is 4.80. The highest BCUT2D eigenvalue weighted by Crippen LogP contribution is 2.27. The van der Waals surface area contributed by atoms with Crippen LogP contribution in [0.25, 0.3) is 17.3 Å². The first kappa shape index (κ1) is 21.8. The molecule has 1 aromatic heterocycles. The molecule has 31 heavy (non-hydrogen) atoms. The minimum absolute atomic E-state index is 0.0551. The molecule has 0 aliphatic rings. The summed E-state index contributed by atoms with van der Waals surface area (Å²) in [7, 11) is 1.61. The number of benzene rings is 2. The fourth-order valence-electron chi connectivity index (χ4n) is 3.17. The second kappa shape index (κ2) is 10.8. The van der Waals surface area contributed by atoms with Gasteiger partial charge in [0.1, 0.15) is 17.4 Å². The van der Waals surface area contributed by atoms with Crippen LogP contribution in [-0.2, 0) is 11.3 Å². The van der Waals surface area contributed by atoms with Crippen LogP contribution in [0.2, 0.25) is 0 Å². The summed E-state index contributed by atoms with van der Waals surface area (Å²) in [5, 5.41) is 17.1. The van der Waals surface area contributed by atoms with Gasteiger partial charge in [-0.3, -0.25) is 9.48 Å². The highest BCUT2D eigenvalue weighted by Gasteiger charge is 2.15. The Kier molecular flexibility index (Phi) is 7.61. The van der Waals surface area contributed by atoms with Gasteiger partial charge in [0.15, 0.2) is 0 Å². The van der Waals surface area contributed by atoms with Crippen LogP contribution < -0.4 is 10.1 Å².